The van der Waals surface area contributed by atoms with E-state index >= 15 is 0 Å². The summed E-state index contributed by atoms with van der Waals surface area (Å²) in [5, 5.41) is 0. The second-order valence-corrected chi connectivity index (χ2v) is 4.83. The van der Waals surface area contributed by atoms with Crippen LogP contribution in [0.4, 0.5) is 0 Å². The molecule has 2 heteroatoms. The molecule has 1 aromatic rings. The van der Waals surface area contributed by atoms with Crippen LogP contribution in [0.15, 0.2) is 36.4 Å². The highest BCUT2D eigenvalue weighted by molar-refractivity contribution is 5.53. The molecular weight excluding hydrogens is 200 g/mol. The molecule has 16 heavy (non-hydrogen) atoms. The predicted octanol–water partition coefficient (Wildman–Crippen LogP) is 3.05. The number of fused-ring (bicyclic) bond motifs is 10. The van der Waals surface area contributed by atoms with Gasteiger partial charge in [-0.25, -0.2) is 0 Å². The number of rotatable bonds is 0. The van der Waals surface area contributed by atoms with E-state index in [1.807, 2.05) is 0 Å². The molecular formula is C14H10O2. The number of hydrogen-bond acceptors (Lipinski definition) is 2. The minimum Gasteiger partial charge on any atom is -0.357 e. The topological polar surface area (TPSA) is 18.5 Å². The summed E-state index contributed by atoms with van der Waals surface area (Å²) in [6.45, 7) is 0. The van der Waals surface area contributed by atoms with Crippen LogP contribution in [0, 0.1) is 0 Å². The molecule has 0 fully saturated rings. The van der Waals surface area contributed by atoms with Gasteiger partial charge in [-0.2, -0.15) is 0 Å². The first-order valence-corrected chi connectivity index (χ1v) is 5.75. The lowest BCUT2D eigenvalue weighted by atomic mass is 9.88. The monoisotopic (exact) mass is 210 g/mol. The molecule has 0 spiro atoms. The lowest BCUT2D eigenvalue weighted by Gasteiger charge is -2.13. The van der Waals surface area contributed by atoms with Gasteiger partial charge in [0.15, 0.2) is 0 Å². The first kappa shape index (κ1) is 7.82. The first-order valence-electron chi connectivity index (χ1n) is 5.75. The molecule has 5 rings (SSSR count). The summed E-state index contributed by atoms with van der Waals surface area (Å²) in [6, 6.07) is 4.57. The van der Waals surface area contributed by atoms with E-state index in [1.165, 1.54) is 22.3 Å². The van der Waals surface area contributed by atoms with Crippen molar-refractivity contribution < 1.29 is 9.47 Å². The van der Waals surface area contributed by atoms with Crippen molar-refractivity contribution in [3.63, 3.8) is 0 Å². The third kappa shape index (κ3) is 0.721. The quantitative estimate of drug-likeness (QED) is 0.613. The maximum Gasteiger partial charge on any atom is 0.102 e. The van der Waals surface area contributed by atoms with Crippen LogP contribution >= 0.6 is 0 Å². The molecule has 0 radical (unpaired) electrons. The fraction of sp³-hybridized carbons (Fsp3) is 0.286. The number of benzene rings is 1. The van der Waals surface area contributed by atoms with Crippen molar-refractivity contribution in [2.45, 2.75) is 24.4 Å². The minimum atomic E-state index is 0.188. The molecule has 1 aromatic carbocycles. The third-order valence-corrected chi connectivity index (χ3v) is 4.02. The van der Waals surface area contributed by atoms with Crippen LogP contribution in [0.3, 0.4) is 0 Å². The Labute approximate surface area is 93.2 Å². The SMILES string of the molecule is C1=C[C@@H]2O[C@@H]1c1cc3c(cc12)[C@H]1C=C[C@@H]3O1. The number of ether oxygens (including phenoxy) is 2. The number of hydrogen-bond donors (Lipinski definition) is 0. The molecule has 4 heterocycles. The van der Waals surface area contributed by atoms with E-state index in [4.69, 9.17) is 9.47 Å². The summed E-state index contributed by atoms with van der Waals surface area (Å²) >= 11 is 0. The van der Waals surface area contributed by atoms with Gasteiger partial charge in [0.1, 0.15) is 24.4 Å². The van der Waals surface area contributed by atoms with Gasteiger partial charge in [-0.3, -0.25) is 0 Å². The van der Waals surface area contributed by atoms with Crippen LogP contribution in [0.1, 0.15) is 46.7 Å². The van der Waals surface area contributed by atoms with Crippen molar-refractivity contribution in [1.29, 1.82) is 0 Å². The van der Waals surface area contributed by atoms with Gasteiger partial charge in [0.05, 0.1) is 0 Å². The van der Waals surface area contributed by atoms with E-state index < -0.39 is 0 Å². The predicted molar refractivity (Wildman–Crippen MR) is 57.9 cm³/mol. The van der Waals surface area contributed by atoms with Crippen LogP contribution in [-0.2, 0) is 9.47 Å². The Hall–Kier alpha value is -1.38. The van der Waals surface area contributed by atoms with Gasteiger partial charge < -0.3 is 9.47 Å². The van der Waals surface area contributed by atoms with E-state index in [-0.39, 0.29) is 24.4 Å². The van der Waals surface area contributed by atoms with Crippen LogP contribution in [0.2, 0.25) is 0 Å². The molecule has 0 N–H and O–H groups in total. The Balaban J connectivity index is 1.80. The van der Waals surface area contributed by atoms with Gasteiger partial charge in [-0.15, -0.1) is 0 Å². The first-order chi connectivity index (χ1) is 7.90. The lowest BCUT2D eigenvalue weighted by Crippen LogP contribution is -2.00. The molecule has 0 saturated heterocycles. The van der Waals surface area contributed by atoms with Crippen molar-refractivity contribution in [3.05, 3.63) is 58.7 Å². The molecule has 78 valence electrons. The van der Waals surface area contributed by atoms with Gasteiger partial charge in [0.25, 0.3) is 0 Å². The summed E-state index contributed by atoms with van der Waals surface area (Å²) < 4.78 is 11.7. The van der Waals surface area contributed by atoms with Gasteiger partial charge in [-0.1, -0.05) is 24.3 Å². The van der Waals surface area contributed by atoms with E-state index in [9.17, 15) is 0 Å². The molecule has 4 bridgehead atoms. The van der Waals surface area contributed by atoms with E-state index in [1.54, 1.807) is 0 Å². The second-order valence-electron chi connectivity index (χ2n) is 4.83. The van der Waals surface area contributed by atoms with Crippen LogP contribution in [0.25, 0.3) is 0 Å². The largest absolute Gasteiger partial charge is 0.357 e. The fourth-order valence-electron chi connectivity index (χ4n) is 3.26. The van der Waals surface area contributed by atoms with Gasteiger partial charge in [-0.05, 0) is 34.4 Å². The molecule has 4 atom stereocenters. The highest BCUT2D eigenvalue weighted by Gasteiger charge is 2.40. The Kier molecular flexibility index (Phi) is 1.13. The molecule has 0 unspecified atom stereocenters. The smallest absolute Gasteiger partial charge is 0.102 e. The molecule has 4 aliphatic heterocycles. The third-order valence-electron chi connectivity index (χ3n) is 4.02. The fourth-order valence-corrected chi connectivity index (χ4v) is 3.26. The zero-order chi connectivity index (χ0) is 10.3. The van der Waals surface area contributed by atoms with Gasteiger partial charge >= 0.3 is 0 Å². The highest BCUT2D eigenvalue weighted by Crippen LogP contribution is 2.52. The molecule has 0 saturated carbocycles. The maximum atomic E-state index is 5.84. The molecule has 0 aromatic heterocycles. The van der Waals surface area contributed by atoms with Crippen LogP contribution in [-0.4, -0.2) is 0 Å². The van der Waals surface area contributed by atoms with Crippen molar-refractivity contribution in [2.75, 3.05) is 0 Å². The van der Waals surface area contributed by atoms with Crippen molar-refractivity contribution in [3.8, 4) is 0 Å². The average Bonchev–Trinajstić information content (AvgIpc) is 3.07. The van der Waals surface area contributed by atoms with Crippen LogP contribution < -0.4 is 0 Å². The zero-order valence-electron chi connectivity index (χ0n) is 8.59. The van der Waals surface area contributed by atoms with Crippen molar-refractivity contribution >= 4 is 0 Å². The Morgan fingerprint density at radius 1 is 0.562 bits per heavy atom. The Bertz CT molecular complexity index is 476. The minimum absolute atomic E-state index is 0.188. The summed E-state index contributed by atoms with van der Waals surface area (Å²) in [7, 11) is 0. The second kappa shape index (κ2) is 2.31. The van der Waals surface area contributed by atoms with E-state index in [2.05, 4.69) is 36.4 Å². The van der Waals surface area contributed by atoms with Crippen molar-refractivity contribution in [1.82, 2.24) is 0 Å². The summed E-state index contributed by atoms with van der Waals surface area (Å²) in [4.78, 5) is 0. The van der Waals surface area contributed by atoms with E-state index in [0.29, 0.717) is 0 Å². The Morgan fingerprint density at radius 3 is 1.19 bits per heavy atom. The average molecular weight is 210 g/mol. The van der Waals surface area contributed by atoms with E-state index in [0.717, 1.165) is 0 Å². The molecule has 2 nitrogen and oxygen atoms in total. The summed E-state index contributed by atoms with van der Waals surface area (Å²) in [5.41, 5.74) is 5.37. The standard InChI is InChI=1S/C14H10O2/c1-2-12-8-6-10-9(5-7(8)11(1)15-12)13-3-4-14(10)16-13/h1-6,11-14H/t11-,12-,13-,14+/m0/s1. The lowest BCUT2D eigenvalue weighted by molar-refractivity contribution is 0.0840. The maximum absolute atomic E-state index is 5.84. The van der Waals surface area contributed by atoms with Crippen LogP contribution in [0.5, 0.6) is 0 Å². The Morgan fingerprint density at radius 2 is 0.875 bits per heavy atom. The van der Waals surface area contributed by atoms with Gasteiger partial charge in [0, 0.05) is 0 Å². The normalized spacial score (nSPS) is 39.5. The highest BCUT2D eigenvalue weighted by atomic mass is 16.5. The summed E-state index contributed by atoms with van der Waals surface area (Å²) in [6.07, 6.45) is 9.38. The van der Waals surface area contributed by atoms with Gasteiger partial charge in [0.2, 0.25) is 0 Å². The molecule has 0 aliphatic carbocycles. The molecule has 0 amide bonds. The summed E-state index contributed by atoms with van der Waals surface area (Å²) in [5.74, 6) is 0. The zero-order valence-corrected chi connectivity index (χ0v) is 8.59. The molecule has 4 aliphatic rings. The van der Waals surface area contributed by atoms with Crippen molar-refractivity contribution in [2.24, 2.45) is 0 Å².